The largest absolute Gasteiger partial charge is 0.478 e. The molecule has 1 aliphatic rings. The van der Waals surface area contributed by atoms with Crippen LogP contribution >= 0.6 is 11.8 Å². The van der Waals surface area contributed by atoms with Crippen LogP contribution in [0.1, 0.15) is 42.5 Å². The van der Waals surface area contributed by atoms with Crippen LogP contribution in [0.15, 0.2) is 29.2 Å². The van der Waals surface area contributed by atoms with Gasteiger partial charge in [-0.05, 0) is 25.0 Å². The maximum absolute atomic E-state index is 12.1. The normalized spacial score (nSPS) is 16.5. The number of nitrogens with one attached hydrogen (secondary N) is 1. The average Bonchev–Trinajstić information content (AvgIpc) is 2.54. The van der Waals surface area contributed by atoms with Gasteiger partial charge in [-0.2, -0.15) is 5.26 Å². The molecule has 2 N–H and O–H groups in total. The van der Waals surface area contributed by atoms with Crippen molar-refractivity contribution in [1.29, 1.82) is 5.26 Å². The van der Waals surface area contributed by atoms with Crippen LogP contribution in [0.3, 0.4) is 0 Å². The van der Waals surface area contributed by atoms with Gasteiger partial charge in [0.15, 0.2) is 0 Å². The number of benzene rings is 1. The number of thioether (sulfide) groups is 1. The molecule has 1 fully saturated rings. The van der Waals surface area contributed by atoms with E-state index in [0.29, 0.717) is 17.7 Å². The summed E-state index contributed by atoms with van der Waals surface area (Å²) < 4.78 is 0. The molecular formula is C16H18N2O3S. The Morgan fingerprint density at radius 1 is 1.27 bits per heavy atom. The molecule has 0 unspecified atom stereocenters. The number of carbonyl (C=O) groups excluding carboxylic acids is 1. The lowest BCUT2D eigenvalue weighted by atomic mass is 9.83. The van der Waals surface area contributed by atoms with Crippen molar-refractivity contribution in [3.8, 4) is 6.07 Å². The molecule has 0 radical (unpaired) electrons. The lowest BCUT2D eigenvalue weighted by molar-refractivity contribution is -0.120. The summed E-state index contributed by atoms with van der Waals surface area (Å²) >= 11 is 1.18. The first-order valence-electron chi connectivity index (χ1n) is 7.24. The van der Waals surface area contributed by atoms with Gasteiger partial charge >= 0.3 is 5.97 Å². The molecule has 1 amide bonds. The fraction of sp³-hybridized carbons (Fsp3) is 0.438. The SMILES string of the molecule is N#CC1(NC(=O)CSc2ccccc2C(=O)O)CCCCC1. The first-order valence-corrected chi connectivity index (χ1v) is 8.22. The van der Waals surface area contributed by atoms with Gasteiger partial charge < -0.3 is 10.4 Å². The molecule has 0 heterocycles. The van der Waals surface area contributed by atoms with Crippen molar-refractivity contribution in [2.24, 2.45) is 0 Å². The van der Waals surface area contributed by atoms with E-state index in [1.165, 1.54) is 17.8 Å². The minimum Gasteiger partial charge on any atom is -0.478 e. The fourth-order valence-corrected chi connectivity index (χ4v) is 3.48. The average molecular weight is 318 g/mol. The van der Waals surface area contributed by atoms with Crippen molar-refractivity contribution < 1.29 is 14.7 Å². The van der Waals surface area contributed by atoms with Crippen molar-refractivity contribution in [2.45, 2.75) is 42.5 Å². The van der Waals surface area contributed by atoms with Crippen LogP contribution in [0.25, 0.3) is 0 Å². The molecule has 0 spiro atoms. The Kier molecular flexibility index (Phi) is 5.45. The highest BCUT2D eigenvalue weighted by Crippen LogP contribution is 2.28. The Morgan fingerprint density at radius 2 is 1.95 bits per heavy atom. The Bertz CT molecular complexity index is 604. The second-order valence-corrected chi connectivity index (χ2v) is 6.41. The van der Waals surface area contributed by atoms with Gasteiger partial charge in [0.25, 0.3) is 0 Å². The maximum Gasteiger partial charge on any atom is 0.336 e. The third-order valence-electron chi connectivity index (χ3n) is 3.78. The van der Waals surface area contributed by atoms with Gasteiger partial charge in [0.2, 0.25) is 5.91 Å². The zero-order valence-electron chi connectivity index (χ0n) is 12.2. The minimum atomic E-state index is -1.01. The highest BCUT2D eigenvalue weighted by molar-refractivity contribution is 8.00. The highest BCUT2D eigenvalue weighted by atomic mass is 32.2. The summed E-state index contributed by atoms with van der Waals surface area (Å²) in [6.07, 6.45) is 4.36. The second-order valence-electron chi connectivity index (χ2n) is 5.39. The van der Waals surface area contributed by atoms with E-state index in [9.17, 15) is 14.9 Å². The summed E-state index contributed by atoms with van der Waals surface area (Å²) in [5, 5.41) is 21.3. The van der Waals surface area contributed by atoms with Crippen LogP contribution in [0.5, 0.6) is 0 Å². The minimum absolute atomic E-state index is 0.105. The first-order chi connectivity index (χ1) is 10.6. The number of hydrogen-bond donors (Lipinski definition) is 2. The number of nitriles is 1. The summed E-state index contributed by atoms with van der Waals surface area (Å²) in [6.45, 7) is 0. The van der Waals surface area contributed by atoms with Crippen molar-refractivity contribution in [2.75, 3.05) is 5.75 Å². The van der Waals surface area contributed by atoms with E-state index in [1.807, 2.05) is 0 Å². The molecule has 116 valence electrons. The molecule has 22 heavy (non-hydrogen) atoms. The fourth-order valence-electron chi connectivity index (χ4n) is 2.64. The molecule has 0 aromatic heterocycles. The molecule has 2 rings (SSSR count). The van der Waals surface area contributed by atoms with Crippen LogP contribution in [0, 0.1) is 11.3 Å². The van der Waals surface area contributed by atoms with Crippen LogP contribution in [-0.4, -0.2) is 28.3 Å². The number of carbonyl (C=O) groups is 2. The third-order valence-corrected chi connectivity index (χ3v) is 4.85. The molecule has 1 aromatic carbocycles. The lowest BCUT2D eigenvalue weighted by Gasteiger charge is -2.31. The van der Waals surface area contributed by atoms with E-state index in [0.717, 1.165) is 19.3 Å². The van der Waals surface area contributed by atoms with E-state index in [4.69, 9.17) is 5.11 Å². The summed E-state index contributed by atoms with van der Waals surface area (Å²) in [5.74, 6) is -1.13. The van der Waals surface area contributed by atoms with Crippen LogP contribution in [-0.2, 0) is 4.79 Å². The van der Waals surface area contributed by atoms with Crippen LogP contribution < -0.4 is 5.32 Å². The molecule has 6 heteroatoms. The molecule has 0 bridgehead atoms. The molecule has 0 saturated heterocycles. The van der Waals surface area contributed by atoms with Crippen molar-refractivity contribution in [1.82, 2.24) is 5.32 Å². The highest BCUT2D eigenvalue weighted by Gasteiger charge is 2.33. The van der Waals surface area contributed by atoms with E-state index in [-0.39, 0.29) is 17.2 Å². The second kappa shape index (κ2) is 7.32. The van der Waals surface area contributed by atoms with Crippen LogP contribution in [0.4, 0.5) is 0 Å². The van der Waals surface area contributed by atoms with Gasteiger partial charge in [-0.25, -0.2) is 4.79 Å². The number of aromatic carboxylic acids is 1. The van der Waals surface area contributed by atoms with E-state index >= 15 is 0 Å². The van der Waals surface area contributed by atoms with Crippen molar-refractivity contribution in [3.63, 3.8) is 0 Å². The molecule has 1 aromatic rings. The van der Waals surface area contributed by atoms with E-state index < -0.39 is 11.5 Å². The molecule has 0 atom stereocenters. The van der Waals surface area contributed by atoms with Gasteiger partial charge in [-0.1, -0.05) is 31.4 Å². The Morgan fingerprint density at radius 3 is 2.59 bits per heavy atom. The van der Waals surface area contributed by atoms with Gasteiger partial charge in [0.1, 0.15) is 5.54 Å². The topological polar surface area (TPSA) is 90.2 Å². The smallest absolute Gasteiger partial charge is 0.336 e. The maximum atomic E-state index is 12.1. The number of amides is 1. The summed E-state index contributed by atoms with van der Waals surface area (Å²) in [5.41, 5.74) is -0.560. The zero-order chi connectivity index (χ0) is 16.0. The number of rotatable bonds is 5. The predicted octanol–water partition coefficient (Wildman–Crippen LogP) is 2.82. The zero-order valence-corrected chi connectivity index (χ0v) is 13.0. The lowest BCUT2D eigenvalue weighted by Crippen LogP contribution is -2.49. The summed E-state index contributed by atoms with van der Waals surface area (Å²) in [4.78, 5) is 23.8. The quantitative estimate of drug-likeness (QED) is 0.815. The number of hydrogen-bond acceptors (Lipinski definition) is 4. The van der Waals surface area contributed by atoms with Gasteiger partial charge in [0, 0.05) is 4.90 Å². The summed E-state index contributed by atoms with van der Waals surface area (Å²) in [6, 6.07) is 8.83. The predicted molar refractivity (Wildman–Crippen MR) is 83.7 cm³/mol. The van der Waals surface area contributed by atoms with E-state index in [1.54, 1.807) is 18.2 Å². The number of carboxylic acids is 1. The van der Waals surface area contributed by atoms with Crippen molar-refractivity contribution >= 4 is 23.6 Å². The number of carboxylic acid groups (broad SMARTS) is 1. The Hall–Kier alpha value is -2.00. The monoisotopic (exact) mass is 318 g/mol. The van der Waals surface area contributed by atoms with Crippen molar-refractivity contribution in [3.05, 3.63) is 29.8 Å². The molecule has 1 saturated carbocycles. The van der Waals surface area contributed by atoms with Gasteiger partial charge in [0.05, 0.1) is 17.4 Å². The van der Waals surface area contributed by atoms with Gasteiger partial charge in [-0.15, -0.1) is 11.8 Å². The molecule has 5 nitrogen and oxygen atoms in total. The standard InChI is InChI=1S/C16H18N2O3S/c17-11-16(8-4-1-5-9-16)18-14(19)10-22-13-7-3-2-6-12(13)15(20)21/h2-3,6-7H,1,4-5,8-10H2,(H,18,19)(H,20,21). The molecular weight excluding hydrogens is 300 g/mol. The molecule has 1 aliphatic carbocycles. The Labute approximate surface area is 133 Å². The third kappa shape index (κ3) is 4.01. The van der Waals surface area contributed by atoms with Gasteiger partial charge in [-0.3, -0.25) is 4.79 Å². The first kappa shape index (κ1) is 16.4. The van der Waals surface area contributed by atoms with Crippen LogP contribution in [0.2, 0.25) is 0 Å². The molecule has 0 aliphatic heterocycles. The number of nitrogens with zero attached hydrogens (tertiary/aromatic N) is 1. The van der Waals surface area contributed by atoms with E-state index in [2.05, 4.69) is 11.4 Å². The summed E-state index contributed by atoms with van der Waals surface area (Å²) in [7, 11) is 0. The Balaban J connectivity index is 1.96.